The molecule has 0 amide bonds. The zero-order chi connectivity index (χ0) is 20.7. The van der Waals surface area contributed by atoms with Gasteiger partial charge < -0.3 is 14.4 Å². The van der Waals surface area contributed by atoms with E-state index in [4.69, 9.17) is 0 Å². The second-order valence-corrected chi connectivity index (χ2v) is 7.45. The van der Waals surface area contributed by atoms with Crippen molar-refractivity contribution in [2.75, 3.05) is 18.0 Å². The van der Waals surface area contributed by atoms with Crippen LogP contribution in [0, 0.1) is 0 Å². The Hall–Kier alpha value is -3.40. The lowest BCUT2D eigenvalue weighted by atomic mass is 10.2. The average Bonchev–Trinajstić information content (AvgIpc) is 3.45. The predicted octanol–water partition coefficient (Wildman–Crippen LogP) is 2.37. The van der Waals surface area contributed by atoms with E-state index in [1.807, 2.05) is 35.0 Å². The molecule has 1 saturated heterocycles. The molecule has 5 heterocycles. The second-order valence-electron chi connectivity index (χ2n) is 7.45. The molecule has 10 heteroatoms. The summed E-state index contributed by atoms with van der Waals surface area (Å²) in [5.74, 6) is -2.66. The Labute approximate surface area is 170 Å². The van der Waals surface area contributed by atoms with Gasteiger partial charge in [-0.25, -0.2) is 18.4 Å². The summed E-state index contributed by atoms with van der Waals surface area (Å²) in [5, 5.41) is 17.6. The number of anilines is 1. The van der Waals surface area contributed by atoms with Crippen molar-refractivity contribution in [3.05, 3.63) is 60.4 Å². The molecular weight excluding hydrogens is 392 g/mol. The summed E-state index contributed by atoms with van der Waals surface area (Å²) in [6.45, 7) is 0.403. The Morgan fingerprint density at radius 2 is 2.03 bits per heavy atom. The summed E-state index contributed by atoms with van der Waals surface area (Å²) < 4.78 is 30.6. The molecule has 4 aromatic heterocycles. The maximum absolute atomic E-state index is 13.5. The van der Waals surface area contributed by atoms with Crippen molar-refractivity contribution in [3.8, 4) is 11.3 Å². The number of halogens is 2. The van der Waals surface area contributed by atoms with E-state index in [1.165, 1.54) is 0 Å². The van der Waals surface area contributed by atoms with E-state index in [9.17, 15) is 13.9 Å². The van der Waals surface area contributed by atoms with Crippen LogP contribution < -0.4 is 4.90 Å². The van der Waals surface area contributed by atoms with Gasteiger partial charge in [0.15, 0.2) is 0 Å². The fourth-order valence-electron chi connectivity index (χ4n) is 3.63. The van der Waals surface area contributed by atoms with Crippen LogP contribution in [0.1, 0.15) is 17.7 Å². The third-order valence-electron chi connectivity index (χ3n) is 5.16. The van der Waals surface area contributed by atoms with E-state index < -0.39 is 5.92 Å². The van der Waals surface area contributed by atoms with Gasteiger partial charge in [-0.05, 0) is 17.7 Å². The van der Waals surface area contributed by atoms with Crippen molar-refractivity contribution in [1.82, 2.24) is 29.4 Å². The number of hydrogen-bond donors (Lipinski definition) is 1. The molecular formula is C20H19F2N7O. The molecule has 1 aliphatic rings. The monoisotopic (exact) mass is 411 g/mol. The van der Waals surface area contributed by atoms with E-state index in [1.54, 1.807) is 28.2 Å². The van der Waals surface area contributed by atoms with Crippen molar-refractivity contribution in [2.24, 2.45) is 0 Å². The topological polar surface area (TPSA) is 84.4 Å². The van der Waals surface area contributed by atoms with Gasteiger partial charge in [-0.3, -0.25) is 4.98 Å². The molecule has 5 rings (SSSR count). The van der Waals surface area contributed by atoms with Crippen LogP contribution in [0.15, 0.2) is 49.2 Å². The predicted molar refractivity (Wildman–Crippen MR) is 105 cm³/mol. The first-order chi connectivity index (χ1) is 14.5. The van der Waals surface area contributed by atoms with Crippen LogP contribution in [-0.2, 0) is 13.2 Å². The molecule has 154 valence electrons. The summed E-state index contributed by atoms with van der Waals surface area (Å²) in [5.41, 5.74) is 4.37. The largest absolute Gasteiger partial charge is 0.392 e. The summed E-state index contributed by atoms with van der Waals surface area (Å²) >= 11 is 0. The number of aromatic nitrogens is 6. The standard InChI is InChI=1S/C20H19F2N7O/c21-20(22)3-4-27(13-20)17-5-15(6-23-7-17)18-11-29(26-25-18)10-16-9-28-8-14(12-30)1-2-19(28)24-16/h1-2,5-9,11,30H,3-4,10,12-13H2. The van der Waals surface area contributed by atoms with Gasteiger partial charge >= 0.3 is 0 Å². The Bertz CT molecular complexity index is 1200. The lowest BCUT2D eigenvalue weighted by molar-refractivity contribution is 0.0257. The Kier molecular flexibility index (Phi) is 4.43. The third kappa shape index (κ3) is 3.61. The molecule has 1 aliphatic heterocycles. The highest BCUT2D eigenvalue weighted by molar-refractivity contribution is 5.63. The Morgan fingerprint density at radius 1 is 1.13 bits per heavy atom. The number of hydrogen-bond acceptors (Lipinski definition) is 6. The summed E-state index contributed by atoms with van der Waals surface area (Å²) in [4.78, 5) is 10.4. The number of aliphatic hydroxyl groups is 1. The van der Waals surface area contributed by atoms with Crippen molar-refractivity contribution in [2.45, 2.75) is 25.5 Å². The van der Waals surface area contributed by atoms with Gasteiger partial charge in [0.2, 0.25) is 0 Å². The molecule has 0 bridgehead atoms. The number of alkyl halides is 2. The van der Waals surface area contributed by atoms with Crippen molar-refractivity contribution in [1.29, 1.82) is 0 Å². The maximum Gasteiger partial charge on any atom is 0.266 e. The molecule has 4 aromatic rings. The maximum atomic E-state index is 13.5. The minimum Gasteiger partial charge on any atom is -0.392 e. The molecule has 0 aliphatic carbocycles. The van der Waals surface area contributed by atoms with Gasteiger partial charge in [-0.15, -0.1) is 5.10 Å². The van der Waals surface area contributed by atoms with Crippen LogP contribution in [0.5, 0.6) is 0 Å². The number of nitrogens with zero attached hydrogens (tertiary/aromatic N) is 7. The SMILES string of the molecule is OCc1ccc2nc(Cn3cc(-c4cncc(N5CCC(F)(F)C5)c4)nn3)cn2c1. The zero-order valence-electron chi connectivity index (χ0n) is 16.0. The average molecular weight is 411 g/mol. The van der Waals surface area contributed by atoms with E-state index in [0.717, 1.165) is 22.5 Å². The minimum atomic E-state index is -2.66. The van der Waals surface area contributed by atoms with Gasteiger partial charge in [-0.1, -0.05) is 11.3 Å². The molecule has 1 N–H and O–H groups in total. The third-order valence-corrected chi connectivity index (χ3v) is 5.16. The fraction of sp³-hybridized carbons (Fsp3) is 0.300. The smallest absolute Gasteiger partial charge is 0.266 e. The second kappa shape index (κ2) is 7.13. The molecule has 0 atom stereocenters. The minimum absolute atomic E-state index is 0.0297. The van der Waals surface area contributed by atoms with Crippen LogP contribution in [0.4, 0.5) is 14.5 Å². The Morgan fingerprint density at radius 3 is 2.83 bits per heavy atom. The van der Waals surface area contributed by atoms with E-state index in [-0.39, 0.29) is 19.6 Å². The highest BCUT2D eigenvalue weighted by Gasteiger charge is 2.38. The first-order valence-corrected chi connectivity index (χ1v) is 9.55. The first-order valence-electron chi connectivity index (χ1n) is 9.55. The molecule has 30 heavy (non-hydrogen) atoms. The van der Waals surface area contributed by atoms with Gasteiger partial charge in [-0.2, -0.15) is 0 Å². The van der Waals surface area contributed by atoms with Crippen molar-refractivity contribution < 1.29 is 13.9 Å². The number of imidazole rings is 1. The van der Waals surface area contributed by atoms with E-state index in [2.05, 4.69) is 20.3 Å². The number of aliphatic hydroxyl groups excluding tert-OH is 1. The highest BCUT2D eigenvalue weighted by atomic mass is 19.3. The van der Waals surface area contributed by atoms with Gasteiger partial charge in [0.25, 0.3) is 5.92 Å². The van der Waals surface area contributed by atoms with Crippen LogP contribution >= 0.6 is 0 Å². The number of rotatable bonds is 5. The van der Waals surface area contributed by atoms with Gasteiger partial charge in [0.1, 0.15) is 11.3 Å². The Balaban J connectivity index is 1.35. The first kappa shape index (κ1) is 18.6. The van der Waals surface area contributed by atoms with Crippen LogP contribution in [-0.4, -0.2) is 53.5 Å². The lowest BCUT2D eigenvalue weighted by Gasteiger charge is -2.18. The molecule has 0 unspecified atom stereocenters. The van der Waals surface area contributed by atoms with Crippen LogP contribution in [0.25, 0.3) is 16.9 Å². The fourth-order valence-corrected chi connectivity index (χ4v) is 3.63. The molecule has 1 fully saturated rings. The molecule has 0 aromatic carbocycles. The highest BCUT2D eigenvalue weighted by Crippen LogP contribution is 2.31. The van der Waals surface area contributed by atoms with Crippen LogP contribution in [0.3, 0.4) is 0 Å². The van der Waals surface area contributed by atoms with Gasteiger partial charge in [0.05, 0.1) is 43.5 Å². The summed E-state index contributed by atoms with van der Waals surface area (Å²) in [6.07, 6.45) is 8.58. The van der Waals surface area contributed by atoms with Crippen LogP contribution in [0.2, 0.25) is 0 Å². The molecule has 0 radical (unpaired) electrons. The van der Waals surface area contributed by atoms with Crippen molar-refractivity contribution >= 4 is 11.3 Å². The normalized spacial score (nSPS) is 15.9. The molecule has 0 spiro atoms. The lowest BCUT2D eigenvalue weighted by Crippen LogP contribution is -2.24. The van der Waals surface area contributed by atoms with Crippen molar-refractivity contribution in [3.63, 3.8) is 0 Å². The summed E-state index contributed by atoms with van der Waals surface area (Å²) in [6, 6.07) is 5.49. The van der Waals surface area contributed by atoms with Gasteiger partial charge in [0, 0.05) is 37.1 Å². The van der Waals surface area contributed by atoms with E-state index >= 15 is 0 Å². The molecule has 0 saturated carbocycles. The van der Waals surface area contributed by atoms with E-state index in [0.29, 0.717) is 24.5 Å². The quantitative estimate of drug-likeness (QED) is 0.543. The summed E-state index contributed by atoms with van der Waals surface area (Å²) in [7, 11) is 0. The number of fused-ring (bicyclic) bond motifs is 1. The number of pyridine rings is 2. The zero-order valence-corrected chi connectivity index (χ0v) is 16.0. The molecule has 8 nitrogen and oxygen atoms in total.